The number of rotatable bonds is 11. The van der Waals surface area contributed by atoms with Crippen LogP contribution in [0.1, 0.15) is 63.1 Å². The van der Waals surface area contributed by atoms with Crippen molar-refractivity contribution >= 4 is 50.7 Å². The van der Waals surface area contributed by atoms with Crippen molar-refractivity contribution in [3.8, 4) is 0 Å². The molecule has 10 heteroatoms. The zero-order valence-corrected chi connectivity index (χ0v) is 28.1. The third-order valence-corrected chi connectivity index (χ3v) is 9.89. The summed E-state index contributed by atoms with van der Waals surface area (Å²) < 4.78 is 27.3. The first-order valence-corrected chi connectivity index (χ1v) is 17.5. The van der Waals surface area contributed by atoms with Crippen LogP contribution >= 0.6 is 23.2 Å². The van der Waals surface area contributed by atoms with Gasteiger partial charge in [0.15, 0.2) is 0 Å². The van der Waals surface area contributed by atoms with Crippen LogP contribution in [0.5, 0.6) is 0 Å². The van der Waals surface area contributed by atoms with Crippen LogP contribution in [-0.2, 0) is 38.0 Å². The topological polar surface area (TPSA) is 86.8 Å². The Morgan fingerprint density at radius 1 is 0.909 bits per heavy atom. The third-order valence-electron chi connectivity index (χ3n) is 8.01. The molecule has 236 valence electrons. The number of carbonyl (C=O) groups excluding carboxylic acids is 2. The van der Waals surface area contributed by atoms with Crippen LogP contribution in [0.4, 0.5) is 5.69 Å². The predicted octanol–water partition coefficient (Wildman–Crippen LogP) is 6.76. The van der Waals surface area contributed by atoms with Gasteiger partial charge in [-0.2, -0.15) is 0 Å². The Morgan fingerprint density at radius 3 is 2.11 bits per heavy atom. The average Bonchev–Trinajstić information content (AvgIpc) is 3.48. The number of nitrogens with one attached hydrogen (secondary N) is 1. The van der Waals surface area contributed by atoms with E-state index < -0.39 is 28.5 Å². The molecular weight excluding hydrogens is 617 g/mol. The predicted molar refractivity (Wildman–Crippen MR) is 179 cm³/mol. The number of sulfonamides is 1. The number of amides is 2. The lowest BCUT2D eigenvalue weighted by Crippen LogP contribution is -2.54. The van der Waals surface area contributed by atoms with E-state index in [1.807, 2.05) is 42.5 Å². The lowest BCUT2D eigenvalue weighted by atomic mass is 9.87. The standard InChI is InChI=1S/C34H41Cl2N3O4S/c1-34(2,3)26-15-17-28(18-16-26)39(44(4,42)43)23-32(40)38(22-25-14-19-29(35)30(36)20-25)31(21-24-10-6-5-7-11-24)33(41)37-27-12-8-9-13-27/h5-7,10-11,14-20,27,31H,8-9,12-13,21-23H2,1-4H3,(H,37,41). The molecular formula is C34H41Cl2N3O4S. The molecule has 0 bridgehead atoms. The van der Waals surface area contributed by atoms with Crippen molar-refractivity contribution in [1.82, 2.24) is 10.2 Å². The van der Waals surface area contributed by atoms with Crippen LogP contribution in [-0.4, -0.2) is 50.0 Å². The molecule has 1 saturated carbocycles. The van der Waals surface area contributed by atoms with Gasteiger partial charge in [0, 0.05) is 19.0 Å². The molecule has 1 unspecified atom stereocenters. The number of nitrogens with zero attached hydrogens (tertiary/aromatic N) is 2. The lowest BCUT2D eigenvalue weighted by molar-refractivity contribution is -0.140. The van der Waals surface area contributed by atoms with E-state index >= 15 is 0 Å². The first-order valence-electron chi connectivity index (χ1n) is 14.9. The van der Waals surface area contributed by atoms with Gasteiger partial charge in [0.1, 0.15) is 12.6 Å². The molecule has 4 rings (SSSR count). The Bertz CT molecular complexity index is 1550. The fraction of sp³-hybridized carbons (Fsp3) is 0.412. The van der Waals surface area contributed by atoms with Gasteiger partial charge in [-0.15, -0.1) is 0 Å². The van der Waals surface area contributed by atoms with E-state index in [1.54, 1.807) is 30.3 Å². The lowest BCUT2D eigenvalue weighted by Gasteiger charge is -2.34. The van der Waals surface area contributed by atoms with Crippen LogP contribution < -0.4 is 9.62 Å². The molecule has 0 spiro atoms. The molecule has 1 N–H and O–H groups in total. The van der Waals surface area contributed by atoms with Crippen molar-refractivity contribution in [2.24, 2.45) is 0 Å². The largest absolute Gasteiger partial charge is 0.352 e. The van der Waals surface area contributed by atoms with Crippen LogP contribution in [0.3, 0.4) is 0 Å². The van der Waals surface area contributed by atoms with Crippen molar-refractivity contribution < 1.29 is 18.0 Å². The molecule has 7 nitrogen and oxygen atoms in total. The zero-order chi connectivity index (χ0) is 32.1. The number of hydrogen-bond donors (Lipinski definition) is 1. The van der Waals surface area contributed by atoms with E-state index in [0.717, 1.165) is 47.4 Å². The molecule has 1 atom stereocenters. The summed E-state index contributed by atoms with van der Waals surface area (Å²) in [7, 11) is -3.86. The summed E-state index contributed by atoms with van der Waals surface area (Å²) >= 11 is 12.5. The van der Waals surface area contributed by atoms with Gasteiger partial charge in [0.2, 0.25) is 21.8 Å². The maximum absolute atomic E-state index is 14.3. The first kappa shape index (κ1) is 33.8. The Kier molecular flexibility index (Phi) is 11.0. The van der Waals surface area contributed by atoms with Gasteiger partial charge in [-0.1, -0.05) is 105 Å². The number of anilines is 1. The van der Waals surface area contributed by atoms with Crippen molar-refractivity contribution in [2.75, 3.05) is 17.1 Å². The molecule has 0 radical (unpaired) electrons. The van der Waals surface area contributed by atoms with Gasteiger partial charge >= 0.3 is 0 Å². The van der Waals surface area contributed by atoms with Gasteiger partial charge in [0.25, 0.3) is 0 Å². The maximum atomic E-state index is 14.3. The van der Waals surface area contributed by atoms with Gasteiger partial charge in [-0.3, -0.25) is 13.9 Å². The molecule has 0 aliphatic heterocycles. The molecule has 0 saturated heterocycles. The molecule has 44 heavy (non-hydrogen) atoms. The molecule has 0 aromatic heterocycles. The summed E-state index contributed by atoms with van der Waals surface area (Å²) in [6, 6.07) is 20.9. The summed E-state index contributed by atoms with van der Waals surface area (Å²) in [5, 5.41) is 3.86. The summed E-state index contributed by atoms with van der Waals surface area (Å²) in [6.45, 7) is 5.78. The molecule has 3 aromatic carbocycles. The van der Waals surface area contributed by atoms with Gasteiger partial charge in [-0.25, -0.2) is 8.42 Å². The molecule has 1 fully saturated rings. The Morgan fingerprint density at radius 2 is 1.55 bits per heavy atom. The number of hydrogen-bond acceptors (Lipinski definition) is 4. The SMILES string of the molecule is CC(C)(C)c1ccc(N(CC(=O)N(Cc2ccc(Cl)c(Cl)c2)C(Cc2ccccc2)C(=O)NC2CCCC2)S(C)(=O)=O)cc1. The normalized spacial score (nSPS) is 14.7. The van der Waals surface area contributed by atoms with E-state index in [4.69, 9.17) is 23.2 Å². The van der Waals surface area contributed by atoms with Gasteiger partial charge < -0.3 is 10.2 Å². The summed E-state index contributed by atoms with van der Waals surface area (Å²) in [5.74, 6) is -0.779. The average molecular weight is 659 g/mol. The van der Waals surface area contributed by atoms with E-state index in [0.29, 0.717) is 21.3 Å². The van der Waals surface area contributed by atoms with Crippen molar-refractivity contribution in [3.63, 3.8) is 0 Å². The van der Waals surface area contributed by atoms with Crippen molar-refractivity contribution in [2.45, 2.75) is 76.9 Å². The second kappa shape index (κ2) is 14.4. The highest BCUT2D eigenvalue weighted by Gasteiger charge is 2.34. The van der Waals surface area contributed by atoms with Gasteiger partial charge in [-0.05, 0) is 59.2 Å². The fourth-order valence-corrected chi connectivity index (χ4v) is 6.67. The smallest absolute Gasteiger partial charge is 0.244 e. The van der Waals surface area contributed by atoms with E-state index in [2.05, 4.69) is 26.1 Å². The van der Waals surface area contributed by atoms with E-state index in [-0.39, 0.29) is 30.3 Å². The summed E-state index contributed by atoms with van der Waals surface area (Å²) in [5.41, 5.74) is 2.83. The zero-order valence-electron chi connectivity index (χ0n) is 25.7. The highest BCUT2D eigenvalue weighted by Crippen LogP contribution is 2.28. The second-order valence-electron chi connectivity index (χ2n) is 12.5. The van der Waals surface area contributed by atoms with Crippen LogP contribution in [0, 0.1) is 0 Å². The van der Waals surface area contributed by atoms with E-state index in [9.17, 15) is 18.0 Å². The third kappa shape index (κ3) is 8.99. The molecule has 1 aliphatic rings. The second-order valence-corrected chi connectivity index (χ2v) is 15.3. The number of benzene rings is 3. The molecule has 3 aromatic rings. The van der Waals surface area contributed by atoms with Crippen LogP contribution in [0.2, 0.25) is 10.0 Å². The minimum Gasteiger partial charge on any atom is -0.352 e. The summed E-state index contributed by atoms with van der Waals surface area (Å²) in [4.78, 5) is 29.7. The Balaban J connectivity index is 1.73. The molecule has 2 amide bonds. The van der Waals surface area contributed by atoms with Crippen molar-refractivity contribution in [3.05, 3.63) is 99.5 Å². The quantitative estimate of drug-likeness (QED) is 0.247. The minimum atomic E-state index is -3.86. The highest BCUT2D eigenvalue weighted by atomic mass is 35.5. The minimum absolute atomic E-state index is 0.0336. The van der Waals surface area contributed by atoms with Crippen LogP contribution in [0.25, 0.3) is 0 Å². The summed E-state index contributed by atoms with van der Waals surface area (Å²) in [6.07, 6.45) is 5.18. The van der Waals surface area contributed by atoms with Crippen LogP contribution in [0.15, 0.2) is 72.8 Å². The Labute approximate surface area is 271 Å². The van der Waals surface area contributed by atoms with Gasteiger partial charge in [0.05, 0.1) is 22.0 Å². The molecule has 0 heterocycles. The molecule has 1 aliphatic carbocycles. The number of halogens is 2. The van der Waals surface area contributed by atoms with E-state index in [1.165, 1.54) is 4.90 Å². The van der Waals surface area contributed by atoms with Crippen molar-refractivity contribution in [1.29, 1.82) is 0 Å². The maximum Gasteiger partial charge on any atom is 0.244 e. The fourth-order valence-electron chi connectivity index (χ4n) is 5.50. The first-order chi connectivity index (χ1) is 20.7. The number of carbonyl (C=O) groups is 2. The highest BCUT2D eigenvalue weighted by molar-refractivity contribution is 7.92. The monoisotopic (exact) mass is 657 g/mol. The Hall–Kier alpha value is -3.07.